The maximum absolute atomic E-state index is 12.5. The number of sulfonamides is 1. The monoisotopic (exact) mass is 363 g/mol. The van der Waals surface area contributed by atoms with E-state index in [0.717, 1.165) is 24.8 Å². The van der Waals surface area contributed by atoms with Crippen LogP contribution in [0.4, 0.5) is 16.2 Å². The van der Waals surface area contributed by atoms with Gasteiger partial charge in [0.15, 0.2) is 0 Å². The molecule has 1 atom stereocenters. The summed E-state index contributed by atoms with van der Waals surface area (Å²) in [5.74, 6) is 0.250. The summed E-state index contributed by atoms with van der Waals surface area (Å²) in [6.45, 7) is 1.31. The second-order valence-electron chi connectivity index (χ2n) is 6.18. The molecule has 0 aliphatic carbocycles. The van der Waals surface area contributed by atoms with Crippen molar-refractivity contribution in [3.63, 3.8) is 0 Å². The van der Waals surface area contributed by atoms with Crippen molar-refractivity contribution in [3.8, 4) is 0 Å². The van der Waals surface area contributed by atoms with Gasteiger partial charge in [0.25, 0.3) is 0 Å². The molecular weight excluding hydrogens is 342 g/mol. The fourth-order valence-corrected chi connectivity index (χ4v) is 3.54. The van der Waals surface area contributed by atoms with Crippen molar-refractivity contribution in [2.24, 2.45) is 0 Å². The molecule has 2 amide bonds. The number of piperidine rings is 1. The summed E-state index contributed by atoms with van der Waals surface area (Å²) in [7, 11) is -3.36. The molecule has 3 rings (SSSR count). The highest BCUT2D eigenvalue weighted by Crippen LogP contribution is 2.26. The van der Waals surface area contributed by atoms with Gasteiger partial charge in [0, 0.05) is 36.6 Å². The fourth-order valence-electron chi connectivity index (χ4n) is 2.99. The maximum Gasteiger partial charge on any atom is 0.321 e. The molecular formula is C16H21N5O3S. The second kappa shape index (κ2) is 7.14. The van der Waals surface area contributed by atoms with Gasteiger partial charge in [-0.3, -0.25) is 9.82 Å². The predicted octanol–water partition coefficient (Wildman–Crippen LogP) is 2.19. The van der Waals surface area contributed by atoms with E-state index in [0.29, 0.717) is 24.5 Å². The minimum Gasteiger partial charge on any atom is -0.324 e. The van der Waals surface area contributed by atoms with Crippen LogP contribution >= 0.6 is 0 Å². The summed E-state index contributed by atoms with van der Waals surface area (Å²) >= 11 is 0. The smallest absolute Gasteiger partial charge is 0.321 e. The lowest BCUT2D eigenvalue weighted by Crippen LogP contribution is -2.41. The Morgan fingerprint density at radius 3 is 2.84 bits per heavy atom. The van der Waals surface area contributed by atoms with Gasteiger partial charge < -0.3 is 10.2 Å². The molecule has 1 aromatic carbocycles. The molecule has 25 heavy (non-hydrogen) atoms. The van der Waals surface area contributed by atoms with E-state index in [1.54, 1.807) is 35.4 Å². The molecule has 1 fully saturated rings. The van der Waals surface area contributed by atoms with Crippen LogP contribution < -0.4 is 10.0 Å². The summed E-state index contributed by atoms with van der Waals surface area (Å²) in [6.07, 6.45) is 4.74. The van der Waals surface area contributed by atoms with Gasteiger partial charge in [-0.05, 0) is 37.1 Å². The number of benzene rings is 1. The van der Waals surface area contributed by atoms with E-state index in [2.05, 4.69) is 20.2 Å². The molecule has 1 aromatic heterocycles. The topological polar surface area (TPSA) is 107 Å². The number of likely N-dealkylation sites (tertiary alicyclic amines) is 1. The highest BCUT2D eigenvalue weighted by atomic mass is 32.2. The Labute approximate surface area is 146 Å². The molecule has 1 aliphatic rings. The number of nitrogens with one attached hydrogen (secondary N) is 3. The highest BCUT2D eigenvalue weighted by molar-refractivity contribution is 7.92. The first kappa shape index (κ1) is 17.3. The van der Waals surface area contributed by atoms with Gasteiger partial charge in [-0.15, -0.1) is 0 Å². The molecule has 3 N–H and O–H groups in total. The number of amides is 2. The number of H-pyrrole nitrogens is 1. The van der Waals surface area contributed by atoms with Crippen molar-refractivity contribution < 1.29 is 13.2 Å². The van der Waals surface area contributed by atoms with Gasteiger partial charge in [-0.25, -0.2) is 13.2 Å². The normalized spacial score (nSPS) is 18.0. The average molecular weight is 363 g/mol. The average Bonchev–Trinajstić information content (AvgIpc) is 3.08. The van der Waals surface area contributed by atoms with Crippen LogP contribution in [0.5, 0.6) is 0 Å². The standard InChI is InChI=1S/C16H21N5O3S/c1-25(23,24)20-14-6-2-5-13(10-14)18-16(22)21-9-3-4-12(11-21)15-7-8-17-19-15/h2,5-8,10,12,20H,3-4,9,11H2,1H3,(H,17,19)(H,18,22)/t12-/m1/s1. The van der Waals surface area contributed by atoms with Crippen LogP contribution in [0.25, 0.3) is 0 Å². The van der Waals surface area contributed by atoms with Gasteiger partial charge in [0.1, 0.15) is 0 Å². The number of carbonyl (C=O) groups is 1. The summed E-state index contributed by atoms with van der Waals surface area (Å²) in [4.78, 5) is 14.3. The molecule has 0 radical (unpaired) electrons. The van der Waals surface area contributed by atoms with Gasteiger partial charge in [0.2, 0.25) is 10.0 Å². The van der Waals surface area contributed by atoms with E-state index in [9.17, 15) is 13.2 Å². The van der Waals surface area contributed by atoms with Crippen LogP contribution in [-0.2, 0) is 10.0 Å². The van der Waals surface area contributed by atoms with Crippen molar-refractivity contribution >= 4 is 27.4 Å². The largest absolute Gasteiger partial charge is 0.324 e. The Morgan fingerprint density at radius 2 is 2.12 bits per heavy atom. The molecule has 0 unspecified atom stereocenters. The Morgan fingerprint density at radius 1 is 1.32 bits per heavy atom. The lowest BCUT2D eigenvalue weighted by molar-refractivity contribution is 0.192. The SMILES string of the molecule is CS(=O)(=O)Nc1cccc(NC(=O)N2CCC[C@@H](c3ccn[nH]3)C2)c1. The van der Waals surface area contributed by atoms with E-state index in [-0.39, 0.29) is 11.9 Å². The van der Waals surface area contributed by atoms with Gasteiger partial charge >= 0.3 is 6.03 Å². The Balaban J connectivity index is 1.64. The molecule has 0 saturated carbocycles. The van der Waals surface area contributed by atoms with E-state index in [1.165, 1.54) is 0 Å². The molecule has 8 nitrogen and oxygen atoms in total. The Bertz CT molecular complexity index is 835. The van der Waals surface area contributed by atoms with Crippen LogP contribution in [0.3, 0.4) is 0 Å². The number of rotatable bonds is 4. The minimum atomic E-state index is -3.36. The van der Waals surface area contributed by atoms with Crippen LogP contribution in [0.1, 0.15) is 24.5 Å². The highest BCUT2D eigenvalue weighted by Gasteiger charge is 2.25. The first-order valence-electron chi connectivity index (χ1n) is 8.04. The molecule has 1 aliphatic heterocycles. The summed E-state index contributed by atoms with van der Waals surface area (Å²) in [5.41, 5.74) is 1.99. The minimum absolute atomic E-state index is 0.194. The van der Waals surface area contributed by atoms with Gasteiger partial charge in [-0.1, -0.05) is 6.07 Å². The molecule has 2 aromatic rings. The van der Waals surface area contributed by atoms with Crippen molar-refractivity contribution in [1.29, 1.82) is 0 Å². The fraction of sp³-hybridized carbons (Fsp3) is 0.375. The van der Waals surface area contributed by atoms with E-state index in [1.807, 2.05) is 6.07 Å². The number of anilines is 2. The van der Waals surface area contributed by atoms with E-state index in [4.69, 9.17) is 0 Å². The third kappa shape index (κ3) is 4.72. The number of urea groups is 1. The number of aromatic nitrogens is 2. The second-order valence-corrected chi connectivity index (χ2v) is 7.93. The Hall–Kier alpha value is -2.55. The van der Waals surface area contributed by atoms with E-state index < -0.39 is 10.0 Å². The predicted molar refractivity (Wildman–Crippen MR) is 96.1 cm³/mol. The van der Waals surface area contributed by atoms with Gasteiger partial charge in [0.05, 0.1) is 11.9 Å². The zero-order valence-corrected chi connectivity index (χ0v) is 14.7. The van der Waals surface area contributed by atoms with Crippen LogP contribution in [-0.4, -0.2) is 48.9 Å². The van der Waals surface area contributed by atoms with Gasteiger partial charge in [-0.2, -0.15) is 5.10 Å². The maximum atomic E-state index is 12.5. The zero-order valence-electron chi connectivity index (χ0n) is 13.9. The van der Waals surface area contributed by atoms with Crippen molar-refractivity contribution in [3.05, 3.63) is 42.2 Å². The third-order valence-electron chi connectivity index (χ3n) is 4.09. The number of nitrogens with zero attached hydrogens (tertiary/aromatic N) is 2. The lowest BCUT2D eigenvalue weighted by Gasteiger charge is -2.32. The Kier molecular flexibility index (Phi) is 4.93. The number of carbonyl (C=O) groups excluding carboxylic acids is 1. The molecule has 9 heteroatoms. The molecule has 0 bridgehead atoms. The van der Waals surface area contributed by atoms with Crippen molar-refractivity contribution in [2.75, 3.05) is 29.4 Å². The van der Waals surface area contributed by atoms with E-state index >= 15 is 0 Å². The van der Waals surface area contributed by atoms with Crippen molar-refractivity contribution in [2.45, 2.75) is 18.8 Å². The summed E-state index contributed by atoms with van der Waals surface area (Å²) < 4.78 is 25.0. The van der Waals surface area contributed by atoms with Crippen molar-refractivity contribution in [1.82, 2.24) is 15.1 Å². The van der Waals surface area contributed by atoms with Crippen LogP contribution in [0.15, 0.2) is 36.5 Å². The first-order valence-corrected chi connectivity index (χ1v) is 9.93. The van der Waals surface area contributed by atoms with Crippen LogP contribution in [0, 0.1) is 0 Å². The third-order valence-corrected chi connectivity index (χ3v) is 4.69. The molecule has 2 heterocycles. The quantitative estimate of drug-likeness (QED) is 0.774. The first-order chi connectivity index (χ1) is 11.9. The number of hydrogen-bond acceptors (Lipinski definition) is 4. The summed E-state index contributed by atoms with van der Waals surface area (Å²) in [6, 6.07) is 8.38. The molecule has 134 valence electrons. The lowest BCUT2D eigenvalue weighted by atomic mass is 9.95. The molecule has 0 spiro atoms. The number of hydrogen-bond donors (Lipinski definition) is 3. The molecule has 1 saturated heterocycles. The number of aromatic amines is 1. The zero-order chi connectivity index (χ0) is 17.9. The summed E-state index contributed by atoms with van der Waals surface area (Å²) in [5, 5.41) is 9.78. The van der Waals surface area contributed by atoms with Crippen LogP contribution in [0.2, 0.25) is 0 Å².